The summed E-state index contributed by atoms with van der Waals surface area (Å²) in [5, 5.41) is 0. The third-order valence-corrected chi connectivity index (χ3v) is 3.51. The molecule has 1 aromatic heterocycles. The molecule has 2 amide bonds. The molecule has 1 fully saturated rings. The molecule has 5 nitrogen and oxygen atoms in total. The van der Waals surface area contributed by atoms with Crippen LogP contribution >= 0.6 is 12.2 Å². The molecule has 6 heteroatoms. The van der Waals surface area contributed by atoms with Gasteiger partial charge in [-0.2, -0.15) is 0 Å². The van der Waals surface area contributed by atoms with Crippen molar-refractivity contribution < 1.29 is 9.59 Å². The molecule has 0 atom stereocenters. The minimum absolute atomic E-state index is 0.163. The van der Waals surface area contributed by atoms with E-state index in [9.17, 15) is 9.59 Å². The van der Waals surface area contributed by atoms with E-state index in [0.717, 1.165) is 0 Å². The monoisotopic (exact) mass is 291 g/mol. The van der Waals surface area contributed by atoms with Gasteiger partial charge in [0.25, 0.3) is 0 Å². The zero-order chi connectivity index (χ0) is 14.9. The minimum atomic E-state index is -0.272. The summed E-state index contributed by atoms with van der Waals surface area (Å²) in [5.41, 5.74) is 6.50. The summed E-state index contributed by atoms with van der Waals surface area (Å²) in [6.07, 6.45) is 2.31. The molecular weight excluding hydrogens is 274 g/mol. The van der Waals surface area contributed by atoms with Crippen LogP contribution in [0.5, 0.6) is 0 Å². The largest absolute Gasteiger partial charge is 0.388 e. The van der Waals surface area contributed by atoms with Crippen LogP contribution in [0.2, 0.25) is 0 Å². The Morgan fingerprint density at radius 2 is 2.00 bits per heavy atom. The first-order chi connectivity index (χ1) is 9.30. The van der Waals surface area contributed by atoms with Gasteiger partial charge in [-0.05, 0) is 11.5 Å². The zero-order valence-corrected chi connectivity index (χ0v) is 12.4. The first-order valence-electron chi connectivity index (χ1n) is 6.37. The Hall–Kier alpha value is -1.82. The van der Waals surface area contributed by atoms with Crippen LogP contribution in [0.3, 0.4) is 0 Å². The lowest BCUT2D eigenvalue weighted by Crippen LogP contribution is -2.45. The normalized spacial score (nSPS) is 18.2. The average Bonchev–Trinajstić information content (AvgIpc) is 2.33. The van der Waals surface area contributed by atoms with Gasteiger partial charge in [-0.3, -0.25) is 19.5 Å². The molecule has 1 saturated heterocycles. The SMILES string of the molecule is CC1(C)CC(=O)N(Cc2cccnc2C(N)=S)C(=O)C1. The van der Waals surface area contributed by atoms with E-state index in [4.69, 9.17) is 18.0 Å². The van der Waals surface area contributed by atoms with Gasteiger partial charge in [0, 0.05) is 24.6 Å². The molecule has 0 bridgehead atoms. The van der Waals surface area contributed by atoms with Gasteiger partial charge in [0.15, 0.2) is 0 Å². The van der Waals surface area contributed by atoms with Crippen molar-refractivity contribution in [1.82, 2.24) is 9.88 Å². The molecule has 0 unspecified atom stereocenters. The number of aromatic nitrogens is 1. The molecule has 106 valence electrons. The van der Waals surface area contributed by atoms with Crippen molar-refractivity contribution in [1.29, 1.82) is 0 Å². The predicted molar refractivity (Wildman–Crippen MR) is 78.7 cm³/mol. The molecule has 1 aliphatic heterocycles. The Kier molecular flexibility index (Phi) is 3.85. The van der Waals surface area contributed by atoms with Crippen LogP contribution in [0.4, 0.5) is 0 Å². The van der Waals surface area contributed by atoms with E-state index in [2.05, 4.69) is 4.98 Å². The standard InChI is InChI=1S/C14H17N3O2S/c1-14(2)6-10(18)17(11(19)7-14)8-9-4-3-5-16-12(9)13(15)20/h3-5H,6-8H2,1-2H3,(H2,15,20). The van der Waals surface area contributed by atoms with Gasteiger partial charge < -0.3 is 5.73 Å². The third kappa shape index (κ3) is 3.01. The molecule has 0 spiro atoms. The second-order valence-electron chi connectivity index (χ2n) is 5.77. The molecule has 1 aromatic rings. The van der Waals surface area contributed by atoms with Gasteiger partial charge in [-0.15, -0.1) is 0 Å². The minimum Gasteiger partial charge on any atom is -0.388 e. The highest BCUT2D eigenvalue weighted by Crippen LogP contribution is 2.32. The van der Waals surface area contributed by atoms with Crippen LogP contribution in [0.1, 0.15) is 37.9 Å². The van der Waals surface area contributed by atoms with Gasteiger partial charge in [0.1, 0.15) is 10.7 Å². The van der Waals surface area contributed by atoms with E-state index in [1.165, 1.54) is 4.90 Å². The Bertz CT molecular complexity index is 564. The molecular formula is C14H17N3O2S. The number of carbonyl (C=O) groups excluding carboxylic acids is 2. The number of likely N-dealkylation sites (tertiary alicyclic amines) is 1. The van der Waals surface area contributed by atoms with Crippen LogP contribution < -0.4 is 5.73 Å². The van der Waals surface area contributed by atoms with Gasteiger partial charge in [0.05, 0.1) is 6.54 Å². The van der Waals surface area contributed by atoms with Crippen LogP contribution in [-0.4, -0.2) is 26.7 Å². The van der Waals surface area contributed by atoms with E-state index < -0.39 is 0 Å². The first kappa shape index (κ1) is 14.6. The molecule has 0 radical (unpaired) electrons. The van der Waals surface area contributed by atoms with Crippen LogP contribution in [0, 0.1) is 5.41 Å². The highest BCUT2D eigenvalue weighted by atomic mass is 32.1. The van der Waals surface area contributed by atoms with Crippen LogP contribution in [0.15, 0.2) is 18.3 Å². The summed E-state index contributed by atoms with van der Waals surface area (Å²) in [5.74, 6) is -0.326. The van der Waals surface area contributed by atoms with Crippen molar-refractivity contribution in [2.75, 3.05) is 0 Å². The number of nitrogens with zero attached hydrogens (tertiary/aromatic N) is 2. The highest BCUT2D eigenvalue weighted by Gasteiger charge is 2.37. The fourth-order valence-corrected chi connectivity index (χ4v) is 2.53. The molecule has 1 aliphatic rings. The van der Waals surface area contributed by atoms with Crippen molar-refractivity contribution in [3.05, 3.63) is 29.6 Å². The van der Waals surface area contributed by atoms with Gasteiger partial charge in [-0.1, -0.05) is 32.1 Å². The van der Waals surface area contributed by atoms with E-state index in [1.807, 2.05) is 13.8 Å². The molecule has 2 N–H and O–H groups in total. The number of pyridine rings is 1. The zero-order valence-electron chi connectivity index (χ0n) is 11.5. The van der Waals surface area contributed by atoms with Crippen molar-refractivity contribution >= 4 is 29.0 Å². The number of hydrogen-bond acceptors (Lipinski definition) is 4. The van der Waals surface area contributed by atoms with Crippen molar-refractivity contribution in [2.24, 2.45) is 11.1 Å². The van der Waals surface area contributed by atoms with Gasteiger partial charge >= 0.3 is 0 Å². The quantitative estimate of drug-likeness (QED) is 0.673. The molecule has 2 heterocycles. The Morgan fingerprint density at radius 1 is 1.40 bits per heavy atom. The van der Waals surface area contributed by atoms with Gasteiger partial charge in [-0.25, -0.2) is 0 Å². The summed E-state index contributed by atoms with van der Waals surface area (Å²) >= 11 is 4.94. The smallest absolute Gasteiger partial charge is 0.230 e. The first-order valence-corrected chi connectivity index (χ1v) is 6.78. The summed E-state index contributed by atoms with van der Waals surface area (Å²) in [6, 6.07) is 3.52. The summed E-state index contributed by atoms with van der Waals surface area (Å²) in [4.78, 5) is 29.8. The summed E-state index contributed by atoms with van der Waals surface area (Å²) < 4.78 is 0. The molecule has 2 rings (SSSR count). The Morgan fingerprint density at radius 3 is 2.55 bits per heavy atom. The molecule has 0 aliphatic carbocycles. The third-order valence-electron chi connectivity index (χ3n) is 3.31. The molecule has 0 saturated carbocycles. The lowest BCUT2D eigenvalue weighted by molar-refractivity contribution is -0.153. The summed E-state index contributed by atoms with van der Waals surface area (Å²) in [6.45, 7) is 4.02. The highest BCUT2D eigenvalue weighted by molar-refractivity contribution is 7.80. The number of rotatable bonds is 3. The van der Waals surface area contributed by atoms with Crippen molar-refractivity contribution in [2.45, 2.75) is 33.2 Å². The Labute approximate surface area is 123 Å². The van der Waals surface area contributed by atoms with E-state index >= 15 is 0 Å². The fourth-order valence-electron chi connectivity index (χ4n) is 2.35. The maximum Gasteiger partial charge on any atom is 0.230 e. The van der Waals surface area contributed by atoms with E-state index in [1.54, 1.807) is 18.3 Å². The van der Waals surface area contributed by atoms with E-state index in [-0.39, 0.29) is 28.8 Å². The number of carbonyl (C=O) groups is 2. The van der Waals surface area contributed by atoms with Crippen LogP contribution in [0.25, 0.3) is 0 Å². The maximum absolute atomic E-state index is 12.1. The van der Waals surface area contributed by atoms with Crippen molar-refractivity contribution in [3.8, 4) is 0 Å². The number of nitrogens with two attached hydrogens (primary N) is 1. The lowest BCUT2D eigenvalue weighted by Gasteiger charge is -2.34. The maximum atomic E-state index is 12.1. The molecule has 0 aromatic carbocycles. The number of hydrogen-bond donors (Lipinski definition) is 1. The van der Waals surface area contributed by atoms with E-state index in [0.29, 0.717) is 24.1 Å². The second kappa shape index (κ2) is 5.28. The second-order valence-corrected chi connectivity index (χ2v) is 6.21. The topological polar surface area (TPSA) is 76.3 Å². The Balaban J connectivity index is 2.25. The number of amides is 2. The summed E-state index contributed by atoms with van der Waals surface area (Å²) in [7, 11) is 0. The lowest BCUT2D eigenvalue weighted by atomic mass is 9.81. The van der Waals surface area contributed by atoms with Crippen molar-refractivity contribution in [3.63, 3.8) is 0 Å². The average molecular weight is 291 g/mol. The number of piperidine rings is 1. The van der Waals surface area contributed by atoms with Gasteiger partial charge in [0.2, 0.25) is 11.8 Å². The fraction of sp³-hybridized carbons (Fsp3) is 0.429. The number of imide groups is 1. The number of thiocarbonyl (C=S) groups is 1. The predicted octanol–water partition coefficient (Wildman–Crippen LogP) is 1.39. The molecule has 20 heavy (non-hydrogen) atoms. The van der Waals surface area contributed by atoms with Crippen LogP contribution in [-0.2, 0) is 16.1 Å².